The number of anilines is 1. The fourth-order valence-electron chi connectivity index (χ4n) is 2.81. The number of benzene rings is 1. The molecule has 2 heterocycles. The maximum Gasteiger partial charge on any atom is 0.319 e. The third-order valence-electron chi connectivity index (χ3n) is 4.08. The lowest BCUT2D eigenvalue weighted by molar-refractivity contribution is -0.129. The van der Waals surface area contributed by atoms with Crippen molar-refractivity contribution in [2.75, 3.05) is 31.6 Å². The molecular formula is C16H21N3O4. The van der Waals surface area contributed by atoms with Crippen LogP contribution in [0.25, 0.3) is 0 Å². The number of carbonyl (C=O) groups excluding carboxylic acids is 2. The van der Waals surface area contributed by atoms with Crippen LogP contribution in [0.4, 0.5) is 10.5 Å². The maximum atomic E-state index is 12.1. The van der Waals surface area contributed by atoms with Crippen LogP contribution < -0.4 is 20.1 Å². The van der Waals surface area contributed by atoms with Gasteiger partial charge in [0.15, 0.2) is 11.5 Å². The number of urea groups is 1. The van der Waals surface area contributed by atoms with Gasteiger partial charge in [0.2, 0.25) is 5.91 Å². The number of hydrogen-bond acceptors (Lipinski definition) is 4. The Morgan fingerprint density at radius 1 is 1.13 bits per heavy atom. The van der Waals surface area contributed by atoms with Gasteiger partial charge >= 0.3 is 6.03 Å². The molecule has 0 saturated carbocycles. The summed E-state index contributed by atoms with van der Waals surface area (Å²) < 4.78 is 10.9. The number of amides is 3. The largest absolute Gasteiger partial charge is 0.486 e. The molecule has 2 aliphatic heterocycles. The molecule has 7 heteroatoms. The summed E-state index contributed by atoms with van der Waals surface area (Å²) in [6.07, 6.45) is 1.54. The highest BCUT2D eigenvalue weighted by molar-refractivity contribution is 5.89. The molecule has 1 fully saturated rings. The summed E-state index contributed by atoms with van der Waals surface area (Å²) in [6, 6.07) is 5.17. The molecule has 0 atom stereocenters. The third-order valence-corrected chi connectivity index (χ3v) is 4.08. The average Bonchev–Trinajstić information content (AvgIpc) is 2.55. The van der Waals surface area contributed by atoms with Gasteiger partial charge in [-0.25, -0.2) is 4.79 Å². The van der Waals surface area contributed by atoms with E-state index in [0.717, 1.165) is 12.8 Å². The van der Waals surface area contributed by atoms with Gasteiger partial charge in [0, 0.05) is 37.8 Å². The summed E-state index contributed by atoms with van der Waals surface area (Å²) in [5.74, 6) is 1.42. The minimum atomic E-state index is -0.247. The van der Waals surface area contributed by atoms with E-state index in [9.17, 15) is 9.59 Å². The van der Waals surface area contributed by atoms with Crippen molar-refractivity contribution in [2.24, 2.45) is 0 Å². The van der Waals surface area contributed by atoms with Crippen LogP contribution in [0.2, 0.25) is 0 Å². The van der Waals surface area contributed by atoms with Gasteiger partial charge in [0.05, 0.1) is 0 Å². The van der Waals surface area contributed by atoms with Gasteiger partial charge in [-0.15, -0.1) is 0 Å². The summed E-state index contributed by atoms with van der Waals surface area (Å²) in [5, 5.41) is 5.75. The van der Waals surface area contributed by atoms with Crippen LogP contribution in [-0.4, -0.2) is 49.2 Å². The zero-order valence-electron chi connectivity index (χ0n) is 13.1. The van der Waals surface area contributed by atoms with E-state index in [1.54, 1.807) is 30.0 Å². The zero-order valence-corrected chi connectivity index (χ0v) is 13.1. The molecule has 3 amide bonds. The van der Waals surface area contributed by atoms with Gasteiger partial charge in [-0.1, -0.05) is 0 Å². The molecule has 1 aromatic carbocycles. The summed E-state index contributed by atoms with van der Waals surface area (Å²) in [4.78, 5) is 25.2. The average molecular weight is 319 g/mol. The number of rotatable bonds is 2. The highest BCUT2D eigenvalue weighted by atomic mass is 16.6. The number of carbonyl (C=O) groups is 2. The molecule has 2 N–H and O–H groups in total. The minimum absolute atomic E-state index is 0.0859. The monoisotopic (exact) mass is 319 g/mol. The summed E-state index contributed by atoms with van der Waals surface area (Å²) in [7, 11) is 0. The summed E-state index contributed by atoms with van der Waals surface area (Å²) >= 11 is 0. The Morgan fingerprint density at radius 3 is 2.52 bits per heavy atom. The van der Waals surface area contributed by atoms with Gasteiger partial charge in [0.1, 0.15) is 13.2 Å². The first kappa shape index (κ1) is 15.5. The van der Waals surface area contributed by atoms with Crippen LogP contribution in [-0.2, 0) is 4.79 Å². The van der Waals surface area contributed by atoms with E-state index in [2.05, 4.69) is 10.6 Å². The van der Waals surface area contributed by atoms with E-state index in [0.29, 0.717) is 43.5 Å². The second kappa shape index (κ2) is 6.76. The molecular weight excluding hydrogens is 298 g/mol. The number of likely N-dealkylation sites (tertiary alicyclic amines) is 1. The Kier molecular flexibility index (Phi) is 4.55. The van der Waals surface area contributed by atoms with Gasteiger partial charge in [0.25, 0.3) is 0 Å². The molecule has 0 radical (unpaired) electrons. The van der Waals surface area contributed by atoms with Crippen molar-refractivity contribution in [1.82, 2.24) is 10.2 Å². The van der Waals surface area contributed by atoms with Crippen LogP contribution in [0, 0.1) is 0 Å². The molecule has 1 aromatic rings. The lowest BCUT2D eigenvalue weighted by Crippen LogP contribution is -2.47. The van der Waals surface area contributed by atoms with Crippen LogP contribution in [0.1, 0.15) is 19.8 Å². The topological polar surface area (TPSA) is 79.9 Å². The van der Waals surface area contributed by atoms with Crippen LogP contribution in [0.5, 0.6) is 11.5 Å². The number of fused-ring (bicyclic) bond motifs is 1. The highest BCUT2D eigenvalue weighted by Gasteiger charge is 2.22. The zero-order chi connectivity index (χ0) is 16.2. The fourth-order valence-corrected chi connectivity index (χ4v) is 2.81. The van der Waals surface area contributed by atoms with Crippen molar-refractivity contribution in [3.63, 3.8) is 0 Å². The number of hydrogen-bond donors (Lipinski definition) is 2. The summed E-state index contributed by atoms with van der Waals surface area (Å²) in [6.45, 7) is 3.99. The molecule has 1 saturated heterocycles. The molecule has 7 nitrogen and oxygen atoms in total. The molecule has 0 aromatic heterocycles. The molecule has 0 aliphatic carbocycles. The van der Waals surface area contributed by atoms with E-state index < -0.39 is 0 Å². The maximum absolute atomic E-state index is 12.1. The van der Waals surface area contributed by atoms with Crippen LogP contribution in [0.15, 0.2) is 18.2 Å². The Hall–Kier alpha value is -2.44. The Labute approximate surface area is 134 Å². The Morgan fingerprint density at radius 2 is 1.83 bits per heavy atom. The SMILES string of the molecule is CC(=O)N1CCC(NC(=O)Nc2ccc3c(c2)OCCO3)CC1. The van der Waals surface area contributed by atoms with Crippen molar-refractivity contribution in [2.45, 2.75) is 25.8 Å². The van der Waals surface area contributed by atoms with Crippen molar-refractivity contribution in [1.29, 1.82) is 0 Å². The van der Waals surface area contributed by atoms with E-state index in [-0.39, 0.29) is 18.0 Å². The van der Waals surface area contributed by atoms with E-state index in [1.165, 1.54) is 0 Å². The molecule has 124 valence electrons. The molecule has 0 spiro atoms. The molecule has 2 aliphatic rings. The number of piperidine rings is 1. The predicted octanol–water partition coefficient (Wildman–Crippen LogP) is 1.59. The fraction of sp³-hybridized carbons (Fsp3) is 0.500. The lowest BCUT2D eigenvalue weighted by Gasteiger charge is -2.31. The number of ether oxygens (including phenoxy) is 2. The predicted molar refractivity (Wildman–Crippen MR) is 84.9 cm³/mol. The first-order valence-corrected chi connectivity index (χ1v) is 7.84. The van der Waals surface area contributed by atoms with Gasteiger partial charge in [-0.05, 0) is 25.0 Å². The summed E-state index contributed by atoms with van der Waals surface area (Å²) in [5.41, 5.74) is 0.660. The Bertz CT molecular complexity index is 597. The molecule has 0 bridgehead atoms. The van der Waals surface area contributed by atoms with Crippen molar-refractivity contribution in [3.8, 4) is 11.5 Å². The van der Waals surface area contributed by atoms with E-state index in [4.69, 9.17) is 9.47 Å². The molecule has 0 unspecified atom stereocenters. The van der Waals surface area contributed by atoms with Crippen molar-refractivity contribution in [3.05, 3.63) is 18.2 Å². The number of nitrogens with one attached hydrogen (secondary N) is 2. The van der Waals surface area contributed by atoms with Gasteiger partial charge in [-0.2, -0.15) is 0 Å². The van der Waals surface area contributed by atoms with Gasteiger partial charge < -0.3 is 25.0 Å². The first-order valence-electron chi connectivity index (χ1n) is 7.84. The quantitative estimate of drug-likeness (QED) is 0.867. The second-order valence-electron chi connectivity index (χ2n) is 5.74. The molecule has 3 rings (SSSR count). The van der Waals surface area contributed by atoms with Crippen LogP contribution >= 0.6 is 0 Å². The standard InChI is InChI=1S/C16H21N3O4/c1-11(20)19-6-4-12(5-7-19)17-16(21)18-13-2-3-14-15(10-13)23-9-8-22-14/h2-3,10,12H,4-9H2,1H3,(H2,17,18,21). The lowest BCUT2D eigenvalue weighted by atomic mass is 10.1. The number of nitrogens with zero attached hydrogens (tertiary/aromatic N) is 1. The van der Waals surface area contributed by atoms with E-state index >= 15 is 0 Å². The normalized spacial score (nSPS) is 17.5. The van der Waals surface area contributed by atoms with Crippen molar-refractivity contribution >= 4 is 17.6 Å². The van der Waals surface area contributed by atoms with E-state index in [1.807, 2.05) is 0 Å². The molecule has 23 heavy (non-hydrogen) atoms. The smallest absolute Gasteiger partial charge is 0.319 e. The van der Waals surface area contributed by atoms with Crippen molar-refractivity contribution < 1.29 is 19.1 Å². The Balaban J connectivity index is 1.51. The second-order valence-corrected chi connectivity index (χ2v) is 5.74. The van der Waals surface area contributed by atoms with Gasteiger partial charge in [-0.3, -0.25) is 4.79 Å². The highest BCUT2D eigenvalue weighted by Crippen LogP contribution is 2.32. The first-order chi connectivity index (χ1) is 11.1. The van der Waals surface area contributed by atoms with Crippen LogP contribution in [0.3, 0.4) is 0 Å². The minimum Gasteiger partial charge on any atom is -0.486 e. The third kappa shape index (κ3) is 3.85.